The normalized spacial score (nSPS) is 15.7. The highest BCUT2D eigenvalue weighted by Gasteiger charge is 2.36. The van der Waals surface area contributed by atoms with Crippen LogP contribution in [-0.4, -0.2) is 18.1 Å². The minimum atomic E-state index is -1.82. The van der Waals surface area contributed by atoms with Crippen molar-refractivity contribution in [1.82, 2.24) is 0 Å². The lowest BCUT2D eigenvalue weighted by Gasteiger charge is -2.21. The van der Waals surface area contributed by atoms with Gasteiger partial charge < -0.3 is 13.1 Å². The van der Waals surface area contributed by atoms with Gasteiger partial charge in [-0.25, -0.2) is 4.99 Å². The number of fused-ring (bicyclic) bond motifs is 7. The monoisotopic (exact) mass is 519 g/mol. The highest BCUT2D eigenvalue weighted by molar-refractivity contribution is 7.32. The molecule has 1 aliphatic heterocycles. The smallest absolute Gasteiger partial charge is 0.388 e. The van der Waals surface area contributed by atoms with Crippen molar-refractivity contribution in [3.63, 3.8) is 0 Å². The second-order valence-corrected chi connectivity index (χ2v) is 11.0. The van der Waals surface area contributed by atoms with E-state index in [1.165, 1.54) is 0 Å². The van der Waals surface area contributed by atoms with Gasteiger partial charge in [-0.05, 0) is 53.1 Å². The average molecular weight is 520 g/mol. The van der Waals surface area contributed by atoms with Crippen LogP contribution < -0.4 is 4.52 Å². The largest absolute Gasteiger partial charge is 0.476 e. The molecule has 0 aliphatic carbocycles. The maximum absolute atomic E-state index is 6.53. The average Bonchev–Trinajstić information content (AvgIpc) is 3.39. The molecule has 0 bridgehead atoms. The molecule has 38 heavy (non-hydrogen) atoms. The van der Waals surface area contributed by atoms with Crippen LogP contribution in [-0.2, 0) is 4.74 Å². The Bertz CT molecular complexity index is 1790. The van der Waals surface area contributed by atoms with Gasteiger partial charge in [0.25, 0.3) is 0 Å². The maximum atomic E-state index is 6.53. The summed E-state index contributed by atoms with van der Waals surface area (Å²) in [6.07, 6.45) is 0. The lowest BCUT2D eigenvalue weighted by molar-refractivity contribution is 0.188. The first-order chi connectivity index (χ1) is 18.6. The van der Waals surface area contributed by atoms with Gasteiger partial charge in [-0.1, -0.05) is 91.0 Å². The third kappa shape index (κ3) is 3.96. The summed E-state index contributed by atoms with van der Waals surface area (Å²) in [7, 11) is -1.82. The van der Waals surface area contributed by atoms with E-state index in [0.29, 0.717) is 12.5 Å². The highest BCUT2D eigenvalue weighted by Crippen LogP contribution is 2.42. The van der Waals surface area contributed by atoms with Crippen LogP contribution in [0.5, 0.6) is 0 Å². The van der Waals surface area contributed by atoms with E-state index >= 15 is 0 Å². The zero-order valence-corrected chi connectivity index (χ0v) is 22.0. The molecule has 1 aromatic heterocycles. The number of ether oxygens (including phenoxy) is 1. The van der Waals surface area contributed by atoms with Gasteiger partial charge >= 0.3 is 8.24 Å². The van der Waals surface area contributed by atoms with Gasteiger partial charge in [0.1, 0.15) is 23.8 Å². The summed E-state index contributed by atoms with van der Waals surface area (Å²) in [5, 5.41) is 6.52. The summed E-state index contributed by atoms with van der Waals surface area (Å²) in [6.45, 7) is 4.37. The fourth-order valence-corrected chi connectivity index (χ4v) is 6.35. The van der Waals surface area contributed by atoms with Gasteiger partial charge in [0.15, 0.2) is 5.60 Å². The lowest BCUT2D eigenvalue weighted by atomic mass is 9.99. The molecule has 0 N–H and O–H groups in total. The molecule has 0 radical (unpaired) electrons. The summed E-state index contributed by atoms with van der Waals surface area (Å²) in [4.78, 5) is 4.86. The Balaban J connectivity index is 1.42. The molecule has 5 nitrogen and oxygen atoms in total. The van der Waals surface area contributed by atoms with Crippen LogP contribution in [0.15, 0.2) is 117 Å². The number of benzene rings is 5. The molecular formula is C32H26NO4P. The standard InChI is InChI=1S/C32H26NO4P/c1-32(2,31-33-26(20-34-31)23-12-4-3-5-13-23)37-38-35-27-18-16-21-10-6-8-14-24(21)29(27)30-25-15-9-7-11-22(25)17-19-28(30)36-38/h3-19,26H,20H2,1-2H3/t26-/m1/s1. The number of nitrogens with zero attached hydrogens (tertiary/aromatic N) is 1. The fourth-order valence-electron chi connectivity index (χ4n) is 5.16. The molecule has 0 unspecified atom stereocenters. The van der Waals surface area contributed by atoms with Gasteiger partial charge in [-0.2, -0.15) is 0 Å². The Labute approximate surface area is 220 Å². The minimum Gasteiger partial charge on any atom is -0.476 e. The van der Waals surface area contributed by atoms with Crippen LogP contribution in [0.1, 0.15) is 25.5 Å². The van der Waals surface area contributed by atoms with Gasteiger partial charge in [0.05, 0.1) is 0 Å². The van der Waals surface area contributed by atoms with Crippen molar-refractivity contribution in [2.75, 3.05) is 6.61 Å². The Kier molecular flexibility index (Phi) is 5.50. The molecular weight excluding hydrogens is 493 g/mol. The van der Waals surface area contributed by atoms with Gasteiger partial charge in [0.2, 0.25) is 5.90 Å². The Hall–Kier alpha value is -4.05. The van der Waals surface area contributed by atoms with E-state index in [1.54, 1.807) is 0 Å². The van der Waals surface area contributed by atoms with Crippen LogP contribution in [0.3, 0.4) is 0 Å². The molecule has 0 saturated heterocycles. The van der Waals surface area contributed by atoms with Crippen molar-refractivity contribution in [3.8, 4) is 0 Å². The zero-order valence-electron chi connectivity index (χ0n) is 21.1. The molecule has 6 heteroatoms. The summed E-state index contributed by atoms with van der Waals surface area (Å²) >= 11 is 0. The molecule has 0 fully saturated rings. The molecule has 0 amide bonds. The van der Waals surface area contributed by atoms with Crippen molar-refractivity contribution in [2.45, 2.75) is 25.5 Å². The quantitative estimate of drug-likeness (QED) is 0.233. The van der Waals surface area contributed by atoms with Crippen LogP contribution in [0, 0.1) is 0 Å². The first kappa shape index (κ1) is 23.1. The zero-order chi connectivity index (χ0) is 25.7. The first-order valence-corrected chi connectivity index (χ1v) is 13.8. The molecule has 6 aromatic rings. The molecule has 5 aromatic carbocycles. The SMILES string of the molecule is CC(C)(Op1oc2ccc3ccccc3c2c2c(ccc3ccccc32)o1)C1=N[C@@H](c2ccccc2)CO1. The summed E-state index contributed by atoms with van der Waals surface area (Å²) < 4.78 is 25.6. The summed E-state index contributed by atoms with van der Waals surface area (Å²) in [5.74, 6) is 0.544. The van der Waals surface area contributed by atoms with Gasteiger partial charge in [0, 0.05) is 10.8 Å². The fraction of sp³-hybridized carbons (Fsp3) is 0.156. The Morgan fingerprint density at radius 1 is 0.711 bits per heavy atom. The molecule has 1 aliphatic rings. The number of rotatable bonds is 4. The van der Waals surface area contributed by atoms with E-state index in [2.05, 4.69) is 72.8 Å². The number of aliphatic imine (C=N–C) groups is 1. The number of hydrogen-bond donors (Lipinski definition) is 0. The molecule has 2 heterocycles. The van der Waals surface area contributed by atoms with Crippen LogP contribution in [0.25, 0.3) is 43.5 Å². The third-order valence-electron chi connectivity index (χ3n) is 7.03. The molecule has 0 spiro atoms. The molecule has 0 saturated carbocycles. The molecule has 7 rings (SSSR count). The van der Waals surface area contributed by atoms with Crippen LogP contribution >= 0.6 is 8.24 Å². The summed E-state index contributed by atoms with van der Waals surface area (Å²) in [6, 6.07) is 35.0. The van der Waals surface area contributed by atoms with Crippen molar-refractivity contribution in [2.24, 2.45) is 4.99 Å². The minimum absolute atomic E-state index is 0.0583. The van der Waals surface area contributed by atoms with Gasteiger partial charge in [-0.15, -0.1) is 0 Å². The predicted octanol–water partition coefficient (Wildman–Crippen LogP) is 8.97. The van der Waals surface area contributed by atoms with Crippen molar-refractivity contribution in [1.29, 1.82) is 0 Å². The van der Waals surface area contributed by atoms with E-state index in [1.807, 2.05) is 44.2 Å². The Morgan fingerprint density at radius 2 is 1.26 bits per heavy atom. The molecule has 1 atom stereocenters. The van der Waals surface area contributed by atoms with E-state index in [-0.39, 0.29) is 6.04 Å². The van der Waals surface area contributed by atoms with Crippen molar-refractivity contribution >= 4 is 57.6 Å². The van der Waals surface area contributed by atoms with Crippen molar-refractivity contribution < 1.29 is 17.7 Å². The topological polar surface area (TPSA) is 57.1 Å². The van der Waals surface area contributed by atoms with Crippen molar-refractivity contribution in [3.05, 3.63) is 109 Å². The maximum Gasteiger partial charge on any atom is 0.388 e. The lowest BCUT2D eigenvalue weighted by Crippen LogP contribution is -2.37. The number of hydrogen-bond acceptors (Lipinski definition) is 5. The predicted molar refractivity (Wildman–Crippen MR) is 155 cm³/mol. The first-order valence-electron chi connectivity index (χ1n) is 12.7. The molecule has 188 valence electrons. The van der Waals surface area contributed by atoms with E-state index in [9.17, 15) is 0 Å². The Morgan fingerprint density at radius 3 is 1.87 bits per heavy atom. The van der Waals surface area contributed by atoms with E-state index in [4.69, 9.17) is 22.6 Å². The van der Waals surface area contributed by atoms with E-state index in [0.717, 1.165) is 49.0 Å². The van der Waals surface area contributed by atoms with Crippen LogP contribution in [0.4, 0.5) is 0 Å². The summed E-state index contributed by atoms with van der Waals surface area (Å²) in [5.41, 5.74) is 1.73. The van der Waals surface area contributed by atoms with Crippen LogP contribution in [0.2, 0.25) is 0 Å². The third-order valence-corrected chi connectivity index (χ3v) is 8.33. The second kappa shape index (κ2) is 9.05. The van der Waals surface area contributed by atoms with Gasteiger partial charge in [-0.3, -0.25) is 4.52 Å². The van der Waals surface area contributed by atoms with E-state index < -0.39 is 13.8 Å². The highest BCUT2D eigenvalue weighted by atomic mass is 31.1. The second-order valence-electron chi connectivity index (χ2n) is 10.00.